The highest BCUT2D eigenvalue weighted by molar-refractivity contribution is 6.00. The quantitative estimate of drug-likeness (QED) is 0.503. The first-order valence-electron chi connectivity index (χ1n) is 9.30. The Kier molecular flexibility index (Phi) is 6.79. The summed E-state index contributed by atoms with van der Waals surface area (Å²) >= 11 is 0. The number of rotatable bonds is 7. The topological polar surface area (TPSA) is 52.6 Å². The van der Waals surface area contributed by atoms with Crippen LogP contribution in [0.1, 0.15) is 44.4 Å². The van der Waals surface area contributed by atoms with Crippen molar-refractivity contribution in [2.45, 2.75) is 46.3 Å². The molecule has 28 heavy (non-hydrogen) atoms. The van der Waals surface area contributed by atoms with Crippen LogP contribution < -0.4 is 0 Å². The van der Waals surface area contributed by atoms with Gasteiger partial charge in [0.25, 0.3) is 0 Å². The molecule has 0 amide bonds. The van der Waals surface area contributed by atoms with Gasteiger partial charge in [0, 0.05) is 0 Å². The maximum atomic E-state index is 13.0. The fourth-order valence-corrected chi connectivity index (χ4v) is 2.68. The first kappa shape index (κ1) is 21.4. The van der Waals surface area contributed by atoms with E-state index in [0.717, 1.165) is 16.7 Å². The van der Waals surface area contributed by atoms with Gasteiger partial charge in [-0.25, -0.2) is 0 Å². The Morgan fingerprint density at radius 2 is 1.50 bits per heavy atom. The highest BCUT2D eigenvalue weighted by Crippen LogP contribution is 2.29. The van der Waals surface area contributed by atoms with Crippen LogP contribution in [-0.4, -0.2) is 17.5 Å². The van der Waals surface area contributed by atoms with Gasteiger partial charge in [0.1, 0.15) is 12.2 Å². The Labute approximate surface area is 167 Å². The Morgan fingerprint density at radius 1 is 0.893 bits per heavy atom. The minimum Gasteiger partial charge on any atom is -0.460 e. The molecule has 0 aliphatic carbocycles. The van der Waals surface area contributed by atoms with E-state index in [1.54, 1.807) is 33.8 Å². The standard InChI is InChI=1S/C24H28O4/c1-6-18-12-14-19(15-13-18)16-24(5,22(26)28-23(2,3)4)21(25)27-17-20-10-8-7-9-11-20/h6-15H,1,16-17H2,2-5H3. The molecule has 2 rings (SSSR count). The van der Waals surface area contributed by atoms with E-state index in [-0.39, 0.29) is 13.0 Å². The smallest absolute Gasteiger partial charge is 0.324 e. The predicted molar refractivity (Wildman–Crippen MR) is 110 cm³/mol. The average Bonchev–Trinajstić information content (AvgIpc) is 2.66. The summed E-state index contributed by atoms with van der Waals surface area (Å²) in [4.78, 5) is 25.9. The molecule has 0 aliphatic heterocycles. The van der Waals surface area contributed by atoms with Gasteiger partial charge in [0.2, 0.25) is 0 Å². The van der Waals surface area contributed by atoms with Gasteiger partial charge in [-0.1, -0.05) is 67.3 Å². The van der Waals surface area contributed by atoms with Crippen LogP contribution in [0.3, 0.4) is 0 Å². The lowest BCUT2D eigenvalue weighted by atomic mass is 9.83. The lowest BCUT2D eigenvalue weighted by Crippen LogP contribution is -2.44. The van der Waals surface area contributed by atoms with E-state index in [0.29, 0.717) is 0 Å². The zero-order valence-electron chi connectivity index (χ0n) is 17.0. The summed E-state index contributed by atoms with van der Waals surface area (Å²) in [7, 11) is 0. The molecule has 0 heterocycles. The minimum atomic E-state index is -1.45. The summed E-state index contributed by atoms with van der Waals surface area (Å²) in [6.45, 7) is 10.8. The second-order valence-corrected chi connectivity index (χ2v) is 8.02. The number of benzene rings is 2. The third-order valence-electron chi connectivity index (χ3n) is 4.29. The Balaban J connectivity index is 2.24. The molecule has 2 aromatic rings. The van der Waals surface area contributed by atoms with Gasteiger partial charge >= 0.3 is 11.9 Å². The summed E-state index contributed by atoms with van der Waals surface area (Å²) < 4.78 is 11.0. The van der Waals surface area contributed by atoms with Gasteiger partial charge in [-0.3, -0.25) is 9.59 Å². The van der Waals surface area contributed by atoms with Gasteiger partial charge in [0.15, 0.2) is 5.41 Å². The fourth-order valence-electron chi connectivity index (χ4n) is 2.68. The van der Waals surface area contributed by atoms with Crippen molar-refractivity contribution in [1.29, 1.82) is 0 Å². The second-order valence-electron chi connectivity index (χ2n) is 8.02. The van der Waals surface area contributed by atoms with Crippen molar-refractivity contribution in [1.82, 2.24) is 0 Å². The van der Waals surface area contributed by atoms with Crippen molar-refractivity contribution >= 4 is 18.0 Å². The van der Waals surface area contributed by atoms with E-state index in [2.05, 4.69) is 6.58 Å². The molecule has 1 atom stereocenters. The third-order valence-corrected chi connectivity index (χ3v) is 4.29. The normalized spacial score (nSPS) is 13.3. The Morgan fingerprint density at radius 3 is 2.04 bits per heavy atom. The number of hydrogen-bond acceptors (Lipinski definition) is 4. The largest absolute Gasteiger partial charge is 0.460 e. The molecule has 0 N–H and O–H groups in total. The average molecular weight is 380 g/mol. The van der Waals surface area contributed by atoms with Crippen LogP contribution >= 0.6 is 0 Å². The molecule has 0 bridgehead atoms. The van der Waals surface area contributed by atoms with Crippen LogP contribution in [0.15, 0.2) is 61.2 Å². The Hall–Kier alpha value is -2.88. The molecular formula is C24H28O4. The van der Waals surface area contributed by atoms with E-state index in [1.165, 1.54) is 0 Å². The SMILES string of the molecule is C=Cc1ccc(CC(C)(C(=O)OCc2ccccc2)C(=O)OC(C)(C)C)cc1. The van der Waals surface area contributed by atoms with E-state index in [4.69, 9.17) is 9.47 Å². The van der Waals surface area contributed by atoms with Gasteiger partial charge < -0.3 is 9.47 Å². The number of ether oxygens (including phenoxy) is 2. The van der Waals surface area contributed by atoms with Crippen molar-refractivity contribution in [3.8, 4) is 0 Å². The van der Waals surface area contributed by atoms with Gasteiger partial charge in [0.05, 0.1) is 0 Å². The second kappa shape index (κ2) is 8.87. The zero-order valence-corrected chi connectivity index (χ0v) is 17.0. The molecule has 0 saturated heterocycles. The maximum absolute atomic E-state index is 13.0. The van der Waals surface area contributed by atoms with E-state index < -0.39 is 23.0 Å². The van der Waals surface area contributed by atoms with Gasteiger partial charge in [-0.15, -0.1) is 0 Å². The van der Waals surface area contributed by atoms with Crippen molar-refractivity contribution in [3.63, 3.8) is 0 Å². The molecule has 0 fully saturated rings. The monoisotopic (exact) mass is 380 g/mol. The molecule has 0 saturated carbocycles. The number of esters is 2. The lowest BCUT2D eigenvalue weighted by molar-refractivity contribution is -0.179. The van der Waals surface area contributed by atoms with Crippen LogP contribution in [0, 0.1) is 5.41 Å². The summed E-state index contributed by atoms with van der Waals surface area (Å²) in [6.07, 6.45) is 1.93. The molecule has 1 unspecified atom stereocenters. The van der Waals surface area contributed by atoms with Crippen LogP contribution in [-0.2, 0) is 32.1 Å². The summed E-state index contributed by atoms with van der Waals surface area (Å²) in [5, 5.41) is 0. The van der Waals surface area contributed by atoms with Gasteiger partial charge in [-0.05, 0) is 50.8 Å². The molecule has 0 spiro atoms. The maximum Gasteiger partial charge on any atom is 0.324 e. The van der Waals surface area contributed by atoms with Crippen molar-refractivity contribution in [2.24, 2.45) is 5.41 Å². The molecule has 2 aromatic carbocycles. The molecular weight excluding hydrogens is 352 g/mol. The van der Waals surface area contributed by atoms with E-state index in [1.807, 2.05) is 54.6 Å². The number of carbonyl (C=O) groups excluding carboxylic acids is 2. The summed E-state index contributed by atoms with van der Waals surface area (Å²) in [5.41, 5.74) is 0.519. The zero-order chi connectivity index (χ0) is 20.8. The highest BCUT2D eigenvalue weighted by atomic mass is 16.6. The molecule has 0 aliphatic rings. The van der Waals surface area contributed by atoms with Crippen LogP contribution in [0.4, 0.5) is 0 Å². The third kappa shape index (κ3) is 5.81. The minimum absolute atomic E-state index is 0.105. The van der Waals surface area contributed by atoms with Crippen LogP contribution in [0.2, 0.25) is 0 Å². The van der Waals surface area contributed by atoms with E-state index >= 15 is 0 Å². The predicted octanol–water partition coefficient (Wildman–Crippen LogP) is 4.96. The molecule has 4 nitrogen and oxygen atoms in total. The van der Waals surface area contributed by atoms with Crippen LogP contribution in [0.25, 0.3) is 6.08 Å². The first-order chi connectivity index (χ1) is 13.1. The summed E-state index contributed by atoms with van der Waals surface area (Å²) in [5.74, 6) is -1.19. The molecule has 0 aromatic heterocycles. The highest BCUT2D eigenvalue weighted by Gasteiger charge is 2.46. The van der Waals surface area contributed by atoms with Crippen molar-refractivity contribution in [2.75, 3.05) is 0 Å². The first-order valence-corrected chi connectivity index (χ1v) is 9.30. The summed E-state index contributed by atoms with van der Waals surface area (Å²) in [6, 6.07) is 16.9. The molecule has 4 heteroatoms. The fraction of sp³-hybridized carbons (Fsp3) is 0.333. The van der Waals surface area contributed by atoms with Crippen LogP contribution in [0.5, 0.6) is 0 Å². The van der Waals surface area contributed by atoms with E-state index in [9.17, 15) is 9.59 Å². The Bertz CT molecular complexity index is 816. The molecule has 0 radical (unpaired) electrons. The van der Waals surface area contributed by atoms with Crippen molar-refractivity contribution < 1.29 is 19.1 Å². The van der Waals surface area contributed by atoms with Crippen molar-refractivity contribution in [3.05, 3.63) is 77.9 Å². The van der Waals surface area contributed by atoms with Gasteiger partial charge in [-0.2, -0.15) is 0 Å². The number of hydrogen-bond donors (Lipinski definition) is 0. The lowest BCUT2D eigenvalue weighted by Gasteiger charge is -2.30. The number of carbonyl (C=O) groups is 2. The molecule has 148 valence electrons.